The molecule has 1 aromatic carbocycles. The van der Waals surface area contributed by atoms with E-state index in [1.165, 1.54) is 18.2 Å². The summed E-state index contributed by atoms with van der Waals surface area (Å²) in [7, 11) is 0. The van der Waals surface area contributed by atoms with Gasteiger partial charge in [0.25, 0.3) is 11.5 Å². The number of anilines is 1. The Labute approximate surface area is 174 Å². The number of amides is 1. The highest BCUT2D eigenvalue weighted by Crippen LogP contribution is 2.29. The van der Waals surface area contributed by atoms with Gasteiger partial charge in [0.1, 0.15) is 5.52 Å². The number of nitrogens with one attached hydrogen (secondary N) is 4. The van der Waals surface area contributed by atoms with Crippen LogP contribution in [0.4, 0.5) is 19.1 Å². The Morgan fingerprint density at radius 3 is 2.74 bits per heavy atom. The third-order valence-electron chi connectivity index (χ3n) is 5.17. The van der Waals surface area contributed by atoms with E-state index >= 15 is 0 Å². The van der Waals surface area contributed by atoms with Crippen LogP contribution in [0, 0.1) is 0 Å². The average molecular weight is 434 g/mol. The summed E-state index contributed by atoms with van der Waals surface area (Å²) in [5.41, 5.74) is 1.48. The lowest BCUT2D eigenvalue weighted by atomic mass is 9.97. The maximum atomic E-state index is 12.9. The van der Waals surface area contributed by atoms with Gasteiger partial charge < -0.3 is 15.6 Å². The fourth-order valence-corrected chi connectivity index (χ4v) is 3.64. The fourth-order valence-electron chi connectivity index (χ4n) is 3.64. The van der Waals surface area contributed by atoms with E-state index in [1.807, 2.05) is 0 Å². The van der Waals surface area contributed by atoms with Crippen molar-refractivity contribution in [3.05, 3.63) is 51.2 Å². The van der Waals surface area contributed by atoms with Crippen molar-refractivity contribution < 1.29 is 18.0 Å². The number of hydrogen-bond acceptors (Lipinski definition) is 5. The lowest BCUT2D eigenvalue weighted by molar-refractivity contribution is -0.144. The van der Waals surface area contributed by atoms with Gasteiger partial charge in [0.05, 0.1) is 16.8 Å². The Bertz CT molecular complexity index is 1180. The van der Waals surface area contributed by atoms with Gasteiger partial charge in [0, 0.05) is 18.2 Å². The zero-order chi connectivity index (χ0) is 22.2. The standard InChI is InChI=1S/C20H21F3N6O2/c1-10(9-24-19-27-13-7-3-2-5-11(13)16(30)29-19)25-17(31)12-6-4-8-14-15(12)28-18(26-14)20(21,22)23/h4,6,8,10H,2-3,5,7,9H2,1H3,(H,25,31)(H,26,28)(H2,24,27,29,30)/t10-/m0/s1. The van der Waals surface area contributed by atoms with Gasteiger partial charge in [0.15, 0.2) is 0 Å². The minimum Gasteiger partial charge on any atom is -0.354 e. The Morgan fingerprint density at radius 1 is 1.19 bits per heavy atom. The molecule has 11 heteroatoms. The molecule has 1 atom stereocenters. The number of alkyl halides is 3. The minimum absolute atomic E-state index is 0.0383. The molecule has 8 nitrogen and oxygen atoms in total. The van der Waals surface area contributed by atoms with Crippen LogP contribution in [0.25, 0.3) is 11.0 Å². The number of imidazole rings is 1. The normalized spacial score (nSPS) is 14.8. The summed E-state index contributed by atoms with van der Waals surface area (Å²) in [4.78, 5) is 37.7. The molecule has 4 N–H and O–H groups in total. The Kier molecular flexibility index (Phi) is 5.42. The van der Waals surface area contributed by atoms with E-state index in [-0.39, 0.29) is 28.7 Å². The van der Waals surface area contributed by atoms with E-state index in [2.05, 4.69) is 30.6 Å². The molecule has 0 fully saturated rings. The van der Waals surface area contributed by atoms with Crippen molar-refractivity contribution >= 4 is 22.9 Å². The number of aromatic amines is 2. The summed E-state index contributed by atoms with van der Waals surface area (Å²) in [5, 5.41) is 5.73. The topological polar surface area (TPSA) is 116 Å². The van der Waals surface area contributed by atoms with Gasteiger partial charge in [-0.25, -0.2) is 9.97 Å². The molecule has 1 aliphatic carbocycles. The van der Waals surface area contributed by atoms with Gasteiger partial charge in [-0.05, 0) is 44.7 Å². The number of hydrogen-bond donors (Lipinski definition) is 4. The maximum Gasteiger partial charge on any atom is 0.449 e. The number of nitrogens with zero attached hydrogens (tertiary/aromatic N) is 2. The first-order chi connectivity index (χ1) is 14.7. The first kappa shape index (κ1) is 20.9. The average Bonchev–Trinajstić information content (AvgIpc) is 3.17. The third-order valence-corrected chi connectivity index (χ3v) is 5.17. The van der Waals surface area contributed by atoms with Gasteiger partial charge >= 0.3 is 6.18 Å². The highest BCUT2D eigenvalue weighted by molar-refractivity contribution is 6.05. The van der Waals surface area contributed by atoms with E-state index in [1.54, 1.807) is 6.92 Å². The van der Waals surface area contributed by atoms with Crippen LogP contribution in [0.5, 0.6) is 0 Å². The van der Waals surface area contributed by atoms with Crippen molar-refractivity contribution in [3.63, 3.8) is 0 Å². The van der Waals surface area contributed by atoms with Gasteiger partial charge in [-0.3, -0.25) is 14.6 Å². The molecule has 1 aliphatic rings. The van der Waals surface area contributed by atoms with Crippen molar-refractivity contribution in [2.75, 3.05) is 11.9 Å². The molecule has 0 radical (unpaired) electrons. The van der Waals surface area contributed by atoms with Gasteiger partial charge in [-0.15, -0.1) is 0 Å². The number of aromatic nitrogens is 4. The summed E-state index contributed by atoms with van der Waals surface area (Å²) in [6.45, 7) is 1.99. The highest BCUT2D eigenvalue weighted by Gasteiger charge is 2.35. The summed E-state index contributed by atoms with van der Waals surface area (Å²) in [5.74, 6) is -1.37. The van der Waals surface area contributed by atoms with E-state index in [0.717, 1.165) is 36.9 Å². The Hall–Kier alpha value is -3.37. The molecule has 0 aliphatic heterocycles. The van der Waals surface area contributed by atoms with Crippen molar-refractivity contribution in [2.45, 2.75) is 44.8 Å². The summed E-state index contributed by atoms with van der Waals surface area (Å²) in [6, 6.07) is 3.93. The van der Waals surface area contributed by atoms with Gasteiger partial charge in [-0.1, -0.05) is 6.07 Å². The zero-order valence-electron chi connectivity index (χ0n) is 16.7. The van der Waals surface area contributed by atoms with Crippen LogP contribution in [0.15, 0.2) is 23.0 Å². The number of carbonyl (C=O) groups is 1. The number of benzene rings is 1. The molecular formula is C20H21F3N6O2. The van der Waals surface area contributed by atoms with E-state index in [4.69, 9.17) is 0 Å². The van der Waals surface area contributed by atoms with Gasteiger partial charge in [-0.2, -0.15) is 13.2 Å². The van der Waals surface area contributed by atoms with Crippen molar-refractivity contribution in [2.24, 2.45) is 0 Å². The predicted molar refractivity (Wildman–Crippen MR) is 108 cm³/mol. The molecule has 1 amide bonds. The van der Waals surface area contributed by atoms with Crippen molar-refractivity contribution in [3.8, 4) is 0 Å². The molecule has 2 aromatic heterocycles. The number of rotatable bonds is 5. The van der Waals surface area contributed by atoms with E-state index < -0.39 is 23.9 Å². The van der Waals surface area contributed by atoms with Crippen molar-refractivity contribution in [1.29, 1.82) is 0 Å². The molecule has 0 unspecified atom stereocenters. The minimum atomic E-state index is -4.64. The van der Waals surface area contributed by atoms with E-state index in [0.29, 0.717) is 5.95 Å². The maximum absolute atomic E-state index is 12.9. The van der Waals surface area contributed by atoms with Crippen LogP contribution in [0.2, 0.25) is 0 Å². The number of halogens is 3. The molecule has 0 saturated heterocycles. The fraction of sp³-hybridized carbons (Fsp3) is 0.400. The Morgan fingerprint density at radius 2 is 1.97 bits per heavy atom. The smallest absolute Gasteiger partial charge is 0.354 e. The summed E-state index contributed by atoms with van der Waals surface area (Å²) in [6.07, 6.45) is -1.19. The largest absolute Gasteiger partial charge is 0.449 e. The molecule has 3 aromatic rings. The van der Waals surface area contributed by atoms with Crippen LogP contribution in [0.3, 0.4) is 0 Å². The molecule has 2 heterocycles. The molecule has 0 bridgehead atoms. The van der Waals surface area contributed by atoms with Crippen LogP contribution < -0.4 is 16.2 Å². The molecule has 4 rings (SSSR count). The predicted octanol–water partition coefficient (Wildman–Crippen LogP) is 2.77. The number of carbonyl (C=O) groups excluding carboxylic acids is 1. The van der Waals surface area contributed by atoms with Gasteiger partial charge in [0.2, 0.25) is 11.8 Å². The van der Waals surface area contributed by atoms with Crippen molar-refractivity contribution in [1.82, 2.24) is 25.3 Å². The summed E-state index contributed by atoms with van der Waals surface area (Å²) >= 11 is 0. The molecule has 164 valence electrons. The highest BCUT2D eigenvalue weighted by atomic mass is 19.4. The Balaban J connectivity index is 1.44. The van der Waals surface area contributed by atoms with Crippen LogP contribution >= 0.6 is 0 Å². The SMILES string of the molecule is C[C@@H](CNc1nc2c(c(=O)[nH]1)CCCC2)NC(=O)c1cccc2[nH]c(C(F)(F)F)nc12. The molecular weight excluding hydrogens is 413 g/mol. The first-order valence-corrected chi connectivity index (χ1v) is 9.95. The van der Waals surface area contributed by atoms with Crippen LogP contribution in [-0.2, 0) is 19.0 Å². The number of fused-ring (bicyclic) bond motifs is 2. The molecule has 31 heavy (non-hydrogen) atoms. The molecule has 0 spiro atoms. The van der Waals surface area contributed by atoms with E-state index in [9.17, 15) is 22.8 Å². The number of H-pyrrole nitrogens is 2. The number of aryl methyl sites for hydroxylation is 1. The lowest BCUT2D eigenvalue weighted by Crippen LogP contribution is -2.38. The van der Waals surface area contributed by atoms with Crippen LogP contribution in [0.1, 0.15) is 47.2 Å². The first-order valence-electron chi connectivity index (χ1n) is 9.95. The second kappa shape index (κ2) is 8.05. The molecule has 0 saturated carbocycles. The second-order valence-electron chi connectivity index (χ2n) is 7.59. The lowest BCUT2D eigenvalue weighted by Gasteiger charge is -2.17. The monoisotopic (exact) mass is 434 g/mol. The second-order valence-corrected chi connectivity index (χ2v) is 7.59. The van der Waals surface area contributed by atoms with Crippen LogP contribution in [-0.4, -0.2) is 38.4 Å². The summed E-state index contributed by atoms with van der Waals surface area (Å²) < 4.78 is 38.8. The quantitative estimate of drug-likeness (QED) is 0.493. The third kappa shape index (κ3) is 4.39. The zero-order valence-corrected chi connectivity index (χ0v) is 16.7. The number of para-hydroxylation sites is 1.